The Bertz CT molecular complexity index is 1170. The quantitative estimate of drug-likeness (QED) is 0.667. The summed E-state index contributed by atoms with van der Waals surface area (Å²) in [5.74, 6) is 0. The maximum atomic E-state index is 9.05. The van der Waals surface area contributed by atoms with E-state index in [9.17, 15) is 0 Å². The van der Waals surface area contributed by atoms with Gasteiger partial charge in [-0.05, 0) is 53.8 Å². The van der Waals surface area contributed by atoms with Gasteiger partial charge in [0.1, 0.15) is 0 Å². The molecule has 5 rings (SSSR count). The first kappa shape index (κ1) is 19.3. The van der Waals surface area contributed by atoms with Crippen molar-refractivity contribution in [1.82, 2.24) is 14.8 Å². The second-order valence-electron chi connectivity index (χ2n) is 8.32. The molecule has 0 amide bonds. The molecule has 0 saturated carbocycles. The summed E-state index contributed by atoms with van der Waals surface area (Å²) in [5, 5.41) is 28.1. The first-order chi connectivity index (χ1) is 15.1. The molecule has 0 bridgehead atoms. The molecule has 7 nitrogen and oxygen atoms in total. The predicted octanol–water partition coefficient (Wildman–Crippen LogP) is 4.82. The van der Waals surface area contributed by atoms with Crippen LogP contribution in [0.3, 0.4) is 0 Å². The number of fused-ring (bicyclic) bond motifs is 3. The first-order valence-corrected chi connectivity index (χ1v) is 10.6. The highest BCUT2D eigenvalue weighted by Gasteiger charge is 2.37. The van der Waals surface area contributed by atoms with Crippen LogP contribution >= 0.6 is 0 Å². The highest BCUT2D eigenvalue weighted by molar-refractivity contribution is 5.65. The zero-order valence-electron chi connectivity index (χ0n) is 17.7. The monoisotopic (exact) mass is 411 g/mol. The third-order valence-electron chi connectivity index (χ3n) is 6.14. The number of hydrogen-bond donors (Lipinski definition) is 1. The van der Waals surface area contributed by atoms with Gasteiger partial charge in [0.05, 0.1) is 36.8 Å². The molecule has 1 aromatic heterocycles. The van der Waals surface area contributed by atoms with E-state index >= 15 is 0 Å². The second-order valence-corrected chi connectivity index (χ2v) is 8.32. The lowest BCUT2D eigenvalue weighted by atomic mass is 9.90. The van der Waals surface area contributed by atoms with Crippen molar-refractivity contribution in [2.45, 2.75) is 37.9 Å². The summed E-state index contributed by atoms with van der Waals surface area (Å²) in [4.78, 5) is 0. The first-order valence-electron chi connectivity index (χ1n) is 10.6. The number of aromatic nitrogens is 2. The molecule has 1 N–H and O–H groups in total. The maximum absolute atomic E-state index is 9.05. The van der Waals surface area contributed by atoms with Gasteiger partial charge in [-0.25, -0.2) is 0 Å². The molecule has 2 aliphatic heterocycles. The Morgan fingerprint density at radius 2 is 2.06 bits per heavy atom. The highest BCUT2D eigenvalue weighted by atomic mass is 15.6. The van der Waals surface area contributed by atoms with Crippen molar-refractivity contribution in [3.8, 4) is 17.2 Å². The molecule has 2 aromatic carbocycles. The summed E-state index contributed by atoms with van der Waals surface area (Å²) in [6.07, 6.45) is 5.27. The minimum atomic E-state index is 0.126. The SMILES string of the molecule is CC1N=NN2CCC(Nc3cccc(CC#N)c3)c3cc(-c4cnn(C)c4)ccc3C12. The molecular formula is C24H25N7. The van der Waals surface area contributed by atoms with Crippen molar-refractivity contribution in [3.63, 3.8) is 0 Å². The topological polar surface area (TPSA) is 81.6 Å². The highest BCUT2D eigenvalue weighted by Crippen LogP contribution is 2.42. The molecule has 7 heteroatoms. The van der Waals surface area contributed by atoms with E-state index in [1.807, 2.05) is 36.3 Å². The molecule has 0 aliphatic carbocycles. The molecule has 3 unspecified atom stereocenters. The van der Waals surface area contributed by atoms with Crippen LogP contribution in [0.15, 0.2) is 65.2 Å². The van der Waals surface area contributed by atoms with Crippen molar-refractivity contribution < 1.29 is 0 Å². The lowest BCUT2D eigenvalue weighted by molar-refractivity contribution is 0.227. The van der Waals surface area contributed by atoms with E-state index in [4.69, 9.17) is 5.26 Å². The molecule has 31 heavy (non-hydrogen) atoms. The third kappa shape index (κ3) is 3.66. The van der Waals surface area contributed by atoms with Crippen molar-refractivity contribution in [3.05, 3.63) is 71.5 Å². The Morgan fingerprint density at radius 3 is 2.87 bits per heavy atom. The fourth-order valence-electron chi connectivity index (χ4n) is 4.65. The van der Waals surface area contributed by atoms with Gasteiger partial charge in [-0.2, -0.15) is 15.5 Å². The molecule has 0 fully saturated rings. The number of aryl methyl sites for hydroxylation is 1. The Morgan fingerprint density at radius 1 is 1.16 bits per heavy atom. The number of benzene rings is 2. The van der Waals surface area contributed by atoms with Gasteiger partial charge in [0, 0.05) is 31.0 Å². The van der Waals surface area contributed by atoms with Gasteiger partial charge >= 0.3 is 0 Å². The molecule has 0 spiro atoms. The number of anilines is 1. The summed E-state index contributed by atoms with van der Waals surface area (Å²) in [6.45, 7) is 2.97. The average molecular weight is 412 g/mol. The van der Waals surface area contributed by atoms with Crippen molar-refractivity contribution in [1.29, 1.82) is 5.26 Å². The number of nitrogens with one attached hydrogen (secondary N) is 1. The fourth-order valence-corrected chi connectivity index (χ4v) is 4.65. The summed E-state index contributed by atoms with van der Waals surface area (Å²) in [7, 11) is 1.94. The summed E-state index contributed by atoms with van der Waals surface area (Å²) >= 11 is 0. The lowest BCUT2D eigenvalue weighted by Gasteiger charge is -2.24. The van der Waals surface area contributed by atoms with E-state index in [0.29, 0.717) is 6.42 Å². The Balaban J connectivity index is 1.56. The van der Waals surface area contributed by atoms with Crippen LogP contribution in [0.5, 0.6) is 0 Å². The van der Waals surface area contributed by atoms with E-state index in [0.717, 1.165) is 35.3 Å². The fraction of sp³-hybridized carbons (Fsp3) is 0.333. The van der Waals surface area contributed by atoms with Gasteiger partial charge in [-0.1, -0.05) is 29.5 Å². The number of hydrogen-bond acceptors (Lipinski definition) is 6. The normalized spacial score (nSPS) is 21.8. The van der Waals surface area contributed by atoms with Crippen LogP contribution in [0, 0.1) is 11.3 Å². The van der Waals surface area contributed by atoms with Gasteiger partial charge in [0.15, 0.2) is 0 Å². The van der Waals surface area contributed by atoms with Crippen molar-refractivity contribution in [2.75, 3.05) is 11.9 Å². The largest absolute Gasteiger partial charge is 0.378 e. The lowest BCUT2D eigenvalue weighted by Crippen LogP contribution is -2.25. The Kier molecular flexibility index (Phi) is 4.91. The van der Waals surface area contributed by atoms with E-state index in [1.165, 1.54) is 11.1 Å². The van der Waals surface area contributed by atoms with Crippen molar-refractivity contribution >= 4 is 5.69 Å². The second kappa shape index (κ2) is 7.88. The van der Waals surface area contributed by atoms with Crippen LogP contribution < -0.4 is 5.32 Å². The minimum absolute atomic E-state index is 0.126. The van der Waals surface area contributed by atoms with E-state index in [1.54, 1.807) is 0 Å². The maximum Gasteiger partial charge on any atom is 0.0979 e. The molecule has 0 radical (unpaired) electrons. The standard InChI is InChI=1S/C24H25N7/c1-16-24-21-7-6-18(19-14-26-30(2)15-19)13-22(21)23(9-11-31(24)29-28-16)27-20-5-3-4-17(12-20)8-10-25/h3-7,12-16,23-24,27H,8-9,11H2,1-2H3. The summed E-state index contributed by atoms with van der Waals surface area (Å²) < 4.78 is 1.83. The number of nitriles is 1. The van der Waals surface area contributed by atoms with Crippen LogP contribution in [0.25, 0.3) is 11.1 Å². The molecule has 156 valence electrons. The molecule has 3 heterocycles. The molecule has 2 aliphatic rings. The smallest absolute Gasteiger partial charge is 0.0979 e. The zero-order valence-corrected chi connectivity index (χ0v) is 17.7. The number of rotatable bonds is 4. The van der Waals surface area contributed by atoms with Gasteiger partial charge < -0.3 is 5.32 Å². The molecule has 0 saturated heterocycles. The van der Waals surface area contributed by atoms with Crippen LogP contribution in [0.1, 0.15) is 42.1 Å². The van der Waals surface area contributed by atoms with Gasteiger partial charge in [0.25, 0.3) is 0 Å². The molecule has 3 aromatic rings. The van der Waals surface area contributed by atoms with Gasteiger partial charge in [-0.15, -0.1) is 0 Å². The van der Waals surface area contributed by atoms with Crippen molar-refractivity contribution in [2.24, 2.45) is 17.4 Å². The van der Waals surface area contributed by atoms with E-state index in [-0.39, 0.29) is 18.1 Å². The number of nitrogens with zero attached hydrogens (tertiary/aromatic N) is 6. The van der Waals surface area contributed by atoms with Crippen LogP contribution in [0.2, 0.25) is 0 Å². The molecule has 3 atom stereocenters. The van der Waals surface area contributed by atoms with Crippen LogP contribution in [-0.4, -0.2) is 27.4 Å². The van der Waals surface area contributed by atoms with Gasteiger partial charge in [0.2, 0.25) is 0 Å². The van der Waals surface area contributed by atoms with Crippen LogP contribution in [0.4, 0.5) is 5.69 Å². The average Bonchev–Trinajstić information content (AvgIpc) is 3.32. The minimum Gasteiger partial charge on any atom is -0.378 e. The summed E-state index contributed by atoms with van der Waals surface area (Å²) in [5.41, 5.74) is 6.87. The third-order valence-corrected chi connectivity index (χ3v) is 6.14. The Labute approximate surface area is 182 Å². The van der Waals surface area contributed by atoms with E-state index in [2.05, 4.69) is 69.1 Å². The van der Waals surface area contributed by atoms with Crippen LogP contribution in [-0.2, 0) is 13.5 Å². The predicted molar refractivity (Wildman–Crippen MR) is 119 cm³/mol. The zero-order chi connectivity index (χ0) is 21.4. The molecular weight excluding hydrogens is 386 g/mol. The summed E-state index contributed by atoms with van der Waals surface area (Å²) in [6, 6.07) is 17.5. The van der Waals surface area contributed by atoms with E-state index < -0.39 is 0 Å². The van der Waals surface area contributed by atoms with Gasteiger partial charge in [-0.3, -0.25) is 9.69 Å². The Hall–Kier alpha value is -3.66.